The molecule has 0 N–H and O–H groups in total. The predicted molar refractivity (Wildman–Crippen MR) is 88.9 cm³/mol. The van der Waals surface area contributed by atoms with E-state index in [4.69, 9.17) is 0 Å². The Morgan fingerprint density at radius 1 is 1.37 bits per heavy atom. The fourth-order valence-corrected chi connectivity index (χ4v) is 4.21. The maximum absolute atomic E-state index is 14.5. The molecule has 5 nitrogen and oxygen atoms in total. The molecule has 0 aromatic carbocycles. The van der Waals surface area contributed by atoms with Crippen LogP contribution in [-0.2, 0) is 0 Å². The molecule has 1 saturated heterocycles. The lowest BCUT2D eigenvalue weighted by molar-refractivity contribution is 0.0115. The molecule has 1 amide bonds. The lowest BCUT2D eigenvalue weighted by atomic mass is 9.76. The van der Waals surface area contributed by atoms with Gasteiger partial charge in [-0.15, -0.1) is 5.10 Å². The Balaban J connectivity index is 1.63. The van der Waals surface area contributed by atoms with Gasteiger partial charge in [0.25, 0.3) is 11.8 Å². The molecule has 27 heavy (non-hydrogen) atoms. The molecular formula is C18H20F4N4O. The van der Waals surface area contributed by atoms with Gasteiger partial charge in [-0.05, 0) is 6.42 Å². The maximum Gasteiger partial charge on any atom is 0.294 e. The van der Waals surface area contributed by atoms with Crippen molar-refractivity contribution in [1.82, 2.24) is 19.7 Å². The van der Waals surface area contributed by atoms with Crippen LogP contribution in [0, 0.1) is 5.41 Å². The summed E-state index contributed by atoms with van der Waals surface area (Å²) in [6, 6.07) is -1.55. The number of allylic oxidation sites excluding steroid dienone is 4. The number of likely N-dealkylation sites (tertiary alicyclic amines) is 1. The molecule has 4 atom stereocenters. The van der Waals surface area contributed by atoms with Crippen molar-refractivity contribution >= 4 is 5.91 Å². The third kappa shape index (κ3) is 2.96. The third-order valence-corrected chi connectivity index (χ3v) is 5.71. The molecular weight excluding hydrogens is 364 g/mol. The summed E-state index contributed by atoms with van der Waals surface area (Å²) in [4.78, 5) is 17.4. The first-order valence-electron chi connectivity index (χ1n) is 8.94. The zero-order valence-corrected chi connectivity index (χ0v) is 14.8. The molecule has 3 aliphatic rings. The van der Waals surface area contributed by atoms with E-state index >= 15 is 0 Å². The number of hydrogen-bond donors (Lipinski definition) is 0. The number of carbonyl (C=O) groups is 1. The normalized spacial score (nSPS) is 34.3. The van der Waals surface area contributed by atoms with E-state index in [1.165, 1.54) is 4.68 Å². The quantitative estimate of drug-likeness (QED) is 0.749. The highest BCUT2D eigenvalue weighted by Crippen LogP contribution is 2.49. The Bertz CT molecular complexity index is 820. The molecule has 1 aliphatic carbocycles. The van der Waals surface area contributed by atoms with E-state index < -0.39 is 43.7 Å². The second-order valence-electron chi connectivity index (χ2n) is 7.76. The molecule has 3 heterocycles. The van der Waals surface area contributed by atoms with Crippen LogP contribution < -0.4 is 0 Å². The summed E-state index contributed by atoms with van der Waals surface area (Å²) in [7, 11) is 0. The molecule has 4 rings (SSSR count). The van der Waals surface area contributed by atoms with Gasteiger partial charge in [0.15, 0.2) is 12.0 Å². The molecule has 1 aromatic heterocycles. The van der Waals surface area contributed by atoms with Crippen LogP contribution in [0.4, 0.5) is 17.6 Å². The van der Waals surface area contributed by atoms with E-state index in [1.807, 2.05) is 31.2 Å². The van der Waals surface area contributed by atoms with Crippen molar-refractivity contribution in [3.8, 4) is 0 Å². The van der Waals surface area contributed by atoms with Gasteiger partial charge in [-0.25, -0.2) is 27.2 Å². The van der Waals surface area contributed by atoms with Gasteiger partial charge in [0, 0.05) is 18.3 Å². The molecule has 2 aliphatic heterocycles. The van der Waals surface area contributed by atoms with Gasteiger partial charge in [0.2, 0.25) is 5.82 Å². The van der Waals surface area contributed by atoms with E-state index in [9.17, 15) is 22.4 Å². The average Bonchev–Trinajstić information content (AvgIpc) is 3.28. The minimum Gasteiger partial charge on any atom is -0.324 e. The minimum absolute atomic E-state index is 0.0234. The van der Waals surface area contributed by atoms with Crippen LogP contribution in [0.25, 0.3) is 0 Å². The van der Waals surface area contributed by atoms with Crippen molar-refractivity contribution in [3.63, 3.8) is 0 Å². The monoisotopic (exact) mass is 384 g/mol. The highest BCUT2D eigenvalue weighted by atomic mass is 19.3. The molecule has 0 bridgehead atoms. The molecule has 9 heteroatoms. The number of amides is 1. The van der Waals surface area contributed by atoms with Gasteiger partial charge in [0.1, 0.15) is 6.67 Å². The Morgan fingerprint density at radius 3 is 2.81 bits per heavy atom. The number of aromatic nitrogens is 3. The topological polar surface area (TPSA) is 51.0 Å². The van der Waals surface area contributed by atoms with Crippen LogP contribution in [0.1, 0.15) is 54.8 Å². The fourth-order valence-electron chi connectivity index (χ4n) is 4.21. The van der Waals surface area contributed by atoms with E-state index in [2.05, 4.69) is 10.1 Å². The number of alkyl halides is 4. The number of carbonyl (C=O) groups excluding carboxylic acids is 1. The van der Waals surface area contributed by atoms with Crippen LogP contribution >= 0.6 is 0 Å². The van der Waals surface area contributed by atoms with Gasteiger partial charge in [-0.3, -0.25) is 4.79 Å². The van der Waals surface area contributed by atoms with Crippen LogP contribution in [0.3, 0.4) is 0 Å². The van der Waals surface area contributed by atoms with Gasteiger partial charge in [-0.1, -0.05) is 31.2 Å². The number of rotatable bonds is 3. The second-order valence-corrected chi connectivity index (χ2v) is 7.76. The lowest BCUT2D eigenvalue weighted by Gasteiger charge is -2.33. The second kappa shape index (κ2) is 6.17. The first-order chi connectivity index (χ1) is 12.7. The molecule has 1 fully saturated rings. The Labute approximate surface area is 153 Å². The predicted octanol–water partition coefficient (Wildman–Crippen LogP) is 3.58. The molecule has 1 unspecified atom stereocenters. The third-order valence-electron chi connectivity index (χ3n) is 5.71. The van der Waals surface area contributed by atoms with Crippen molar-refractivity contribution in [3.05, 3.63) is 36.0 Å². The van der Waals surface area contributed by atoms with Gasteiger partial charge < -0.3 is 4.90 Å². The maximum atomic E-state index is 14.5. The van der Waals surface area contributed by atoms with Crippen molar-refractivity contribution in [2.45, 2.75) is 50.4 Å². The summed E-state index contributed by atoms with van der Waals surface area (Å²) in [5.74, 6) is -4.36. The van der Waals surface area contributed by atoms with Gasteiger partial charge >= 0.3 is 0 Å². The van der Waals surface area contributed by atoms with Crippen molar-refractivity contribution in [1.29, 1.82) is 0 Å². The summed E-state index contributed by atoms with van der Waals surface area (Å²) in [6.07, 6.45) is 6.50. The molecule has 0 spiro atoms. The molecule has 1 aromatic rings. The van der Waals surface area contributed by atoms with Crippen LogP contribution in [0.15, 0.2) is 24.3 Å². The van der Waals surface area contributed by atoms with Crippen molar-refractivity contribution in [2.75, 3.05) is 13.2 Å². The average molecular weight is 384 g/mol. The van der Waals surface area contributed by atoms with Crippen molar-refractivity contribution < 1.29 is 22.4 Å². The first kappa shape index (κ1) is 18.2. The highest BCUT2D eigenvalue weighted by Gasteiger charge is 2.49. The van der Waals surface area contributed by atoms with Crippen LogP contribution in [0.5, 0.6) is 0 Å². The SMILES string of the molecule is CC1([C@@H]2C[C@H](F)c3nc(C(=O)N4CC(F)(F)C[C@H]4CF)nn32)C=CC=CC1. The summed E-state index contributed by atoms with van der Waals surface area (Å²) < 4.78 is 56.3. The Kier molecular flexibility index (Phi) is 4.16. The zero-order chi connectivity index (χ0) is 19.4. The highest BCUT2D eigenvalue weighted by molar-refractivity contribution is 5.91. The largest absolute Gasteiger partial charge is 0.324 e. The zero-order valence-electron chi connectivity index (χ0n) is 14.8. The summed E-state index contributed by atoms with van der Waals surface area (Å²) in [6.45, 7) is 0.0271. The lowest BCUT2D eigenvalue weighted by Crippen LogP contribution is -2.38. The summed E-state index contributed by atoms with van der Waals surface area (Å²) in [5, 5.41) is 4.15. The van der Waals surface area contributed by atoms with Gasteiger partial charge in [0.05, 0.1) is 18.6 Å². The first-order valence-corrected chi connectivity index (χ1v) is 8.94. The molecule has 0 radical (unpaired) electrons. The number of hydrogen-bond acceptors (Lipinski definition) is 3. The smallest absolute Gasteiger partial charge is 0.294 e. The Hall–Kier alpha value is -2.19. The van der Waals surface area contributed by atoms with E-state index in [-0.39, 0.29) is 29.5 Å². The van der Waals surface area contributed by atoms with E-state index in [0.29, 0.717) is 6.42 Å². The molecule has 0 saturated carbocycles. The summed E-state index contributed by atoms with van der Waals surface area (Å²) >= 11 is 0. The van der Waals surface area contributed by atoms with Crippen molar-refractivity contribution in [2.24, 2.45) is 5.41 Å². The number of fused-ring (bicyclic) bond motifs is 1. The van der Waals surface area contributed by atoms with E-state index in [0.717, 1.165) is 4.90 Å². The van der Waals surface area contributed by atoms with Gasteiger partial charge in [-0.2, -0.15) is 0 Å². The molecule has 146 valence electrons. The Morgan fingerprint density at radius 2 is 2.15 bits per heavy atom. The van der Waals surface area contributed by atoms with Crippen LogP contribution in [0.2, 0.25) is 0 Å². The summed E-state index contributed by atoms with van der Waals surface area (Å²) in [5.41, 5.74) is -0.388. The van der Waals surface area contributed by atoms with Crippen LogP contribution in [-0.4, -0.2) is 50.8 Å². The minimum atomic E-state index is -3.15. The number of halogens is 4. The van der Waals surface area contributed by atoms with E-state index in [1.54, 1.807) is 0 Å². The fraction of sp³-hybridized carbons (Fsp3) is 0.611. The standard InChI is InChI=1S/C18H20F4N4O/c1-17(5-3-2-4-6-17)13-7-12(20)15-23-14(24-26(13)15)16(27)25-10-18(21,22)8-11(25)9-19/h2-5,11-13H,6-10H2,1H3/t11-,12-,13-,17?/m0/s1. The number of nitrogens with zero attached hydrogens (tertiary/aromatic N) is 4.